The van der Waals surface area contributed by atoms with E-state index in [1.54, 1.807) is 0 Å². The molecule has 2 aliphatic rings. The number of halogens is 1. The van der Waals surface area contributed by atoms with Gasteiger partial charge in [-0.1, -0.05) is 37.6 Å². The van der Waals surface area contributed by atoms with Gasteiger partial charge >= 0.3 is 0 Å². The Kier molecular flexibility index (Phi) is 2.31. The van der Waals surface area contributed by atoms with Gasteiger partial charge in [-0.2, -0.15) is 0 Å². The van der Waals surface area contributed by atoms with Crippen LogP contribution in [0, 0.1) is 11.3 Å². The molecule has 1 aromatic rings. The fourth-order valence-electron chi connectivity index (χ4n) is 3.48. The van der Waals surface area contributed by atoms with Crippen molar-refractivity contribution in [3.63, 3.8) is 0 Å². The fraction of sp³-hybridized carbons (Fsp3) is 0.571. The summed E-state index contributed by atoms with van der Waals surface area (Å²) in [5, 5.41) is 4.51. The maximum atomic E-state index is 6.32. The van der Waals surface area contributed by atoms with Crippen molar-refractivity contribution in [1.82, 2.24) is 5.32 Å². The molecular formula is C14H18ClN. The molecule has 0 amide bonds. The van der Waals surface area contributed by atoms with Crippen molar-refractivity contribution >= 4 is 11.6 Å². The second-order valence-corrected chi connectivity index (χ2v) is 6.01. The molecule has 1 fully saturated rings. The second-order valence-electron chi connectivity index (χ2n) is 5.60. The average Bonchev–Trinajstić information content (AvgIpc) is 2.64. The lowest BCUT2D eigenvalue weighted by molar-refractivity contribution is 0.184. The normalized spacial score (nSPS) is 36.9. The third-order valence-corrected chi connectivity index (χ3v) is 5.17. The molecule has 0 aromatic heterocycles. The highest BCUT2D eigenvalue weighted by Gasteiger charge is 2.47. The third kappa shape index (κ3) is 1.28. The summed E-state index contributed by atoms with van der Waals surface area (Å²) < 4.78 is 0. The molecule has 0 radical (unpaired) electrons. The first-order valence-electron chi connectivity index (χ1n) is 6.11. The quantitative estimate of drug-likeness (QED) is 0.728. The highest BCUT2D eigenvalue weighted by atomic mass is 35.5. The first-order chi connectivity index (χ1) is 7.63. The van der Waals surface area contributed by atoms with Crippen molar-refractivity contribution in [2.75, 3.05) is 13.1 Å². The van der Waals surface area contributed by atoms with Crippen LogP contribution in [0.5, 0.6) is 0 Å². The van der Waals surface area contributed by atoms with Crippen molar-refractivity contribution in [3.8, 4) is 0 Å². The Hall–Kier alpha value is -0.530. The van der Waals surface area contributed by atoms with E-state index >= 15 is 0 Å². The summed E-state index contributed by atoms with van der Waals surface area (Å²) in [4.78, 5) is 0. The summed E-state index contributed by atoms with van der Waals surface area (Å²) in [6.45, 7) is 7.04. The van der Waals surface area contributed by atoms with E-state index in [0.29, 0.717) is 17.3 Å². The monoisotopic (exact) mass is 235 g/mol. The Morgan fingerprint density at radius 2 is 2.25 bits per heavy atom. The van der Waals surface area contributed by atoms with E-state index in [9.17, 15) is 0 Å². The van der Waals surface area contributed by atoms with Crippen LogP contribution in [-0.4, -0.2) is 13.1 Å². The largest absolute Gasteiger partial charge is 0.316 e. The molecule has 1 aliphatic carbocycles. The molecule has 3 atom stereocenters. The van der Waals surface area contributed by atoms with Crippen molar-refractivity contribution in [2.45, 2.75) is 26.2 Å². The van der Waals surface area contributed by atoms with Crippen LogP contribution >= 0.6 is 11.6 Å². The molecule has 0 bridgehead atoms. The summed E-state index contributed by atoms with van der Waals surface area (Å²) in [5.74, 6) is 1.35. The van der Waals surface area contributed by atoms with Crippen LogP contribution in [0.4, 0.5) is 0 Å². The molecule has 0 unspecified atom stereocenters. The maximum Gasteiger partial charge on any atom is 0.0440 e. The molecule has 1 aliphatic heterocycles. The zero-order chi connectivity index (χ0) is 11.3. The molecule has 0 saturated carbocycles. The molecule has 16 heavy (non-hydrogen) atoms. The molecule has 1 saturated heterocycles. The van der Waals surface area contributed by atoms with Gasteiger partial charge in [-0.05, 0) is 34.9 Å². The van der Waals surface area contributed by atoms with Crippen LogP contribution in [0.15, 0.2) is 18.2 Å². The molecule has 1 heterocycles. The molecular weight excluding hydrogens is 218 g/mol. The Labute approximate surface area is 102 Å². The van der Waals surface area contributed by atoms with Crippen molar-refractivity contribution in [3.05, 3.63) is 34.3 Å². The average molecular weight is 236 g/mol. The summed E-state index contributed by atoms with van der Waals surface area (Å²) >= 11 is 6.32. The Balaban J connectivity index is 2.16. The van der Waals surface area contributed by atoms with Crippen LogP contribution in [0.2, 0.25) is 5.02 Å². The highest BCUT2D eigenvalue weighted by molar-refractivity contribution is 6.31. The number of rotatable bonds is 0. The molecule has 0 spiro atoms. The van der Waals surface area contributed by atoms with Crippen LogP contribution in [-0.2, 0) is 6.42 Å². The third-order valence-electron chi connectivity index (χ3n) is 4.82. The van der Waals surface area contributed by atoms with E-state index in [1.165, 1.54) is 11.1 Å². The first-order valence-corrected chi connectivity index (χ1v) is 6.49. The summed E-state index contributed by atoms with van der Waals surface area (Å²) in [6, 6.07) is 6.39. The van der Waals surface area contributed by atoms with Crippen molar-refractivity contribution in [1.29, 1.82) is 0 Å². The highest BCUT2D eigenvalue weighted by Crippen LogP contribution is 2.51. The van der Waals surface area contributed by atoms with Crippen LogP contribution in [0.3, 0.4) is 0 Å². The van der Waals surface area contributed by atoms with Gasteiger partial charge < -0.3 is 5.32 Å². The van der Waals surface area contributed by atoms with Gasteiger partial charge in [0.15, 0.2) is 0 Å². The minimum atomic E-state index is 0.414. The summed E-state index contributed by atoms with van der Waals surface area (Å²) in [7, 11) is 0. The molecule has 1 N–H and O–H groups in total. The van der Waals surface area contributed by atoms with Crippen molar-refractivity contribution in [2.24, 2.45) is 11.3 Å². The van der Waals surface area contributed by atoms with E-state index in [2.05, 4.69) is 31.3 Å². The second kappa shape index (κ2) is 3.48. The SMILES string of the molecule is C[C@@H]1Cc2c(Cl)cccc2[C@@H]2CNC[C@]12C. The van der Waals surface area contributed by atoms with Gasteiger partial charge in [0, 0.05) is 24.0 Å². The van der Waals surface area contributed by atoms with Gasteiger partial charge in [0.1, 0.15) is 0 Å². The minimum absolute atomic E-state index is 0.414. The van der Waals surface area contributed by atoms with Crippen LogP contribution in [0.25, 0.3) is 0 Å². The molecule has 1 nitrogen and oxygen atoms in total. The zero-order valence-electron chi connectivity index (χ0n) is 9.89. The van der Waals surface area contributed by atoms with E-state index in [0.717, 1.165) is 24.5 Å². The van der Waals surface area contributed by atoms with Gasteiger partial charge in [0.25, 0.3) is 0 Å². The van der Waals surface area contributed by atoms with Gasteiger partial charge in [0.2, 0.25) is 0 Å². The summed E-state index contributed by atoms with van der Waals surface area (Å²) in [5.41, 5.74) is 3.29. The van der Waals surface area contributed by atoms with Gasteiger partial charge in [-0.3, -0.25) is 0 Å². The molecule has 2 heteroatoms. The van der Waals surface area contributed by atoms with Gasteiger partial charge in [-0.25, -0.2) is 0 Å². The Morgan fingerprint density at radius 3 is 3.06 bits per heavy atom. The van der Waals surface area contributed by atoms with E-state index in [-0.39, 0.29) is 0 Å². The lowest BCUT2D eigenvalue weighted by Gasteiger charge is -2.42. The first kappa shape index (κ1) is 10.6. The maximum absolute atomic E-state index is 6.32. The lowest BCUT2D eigenvalue weighted by atomic mass is 9.61. The van der Waals surface area contributed by atoms with E-state index in [1.807, 2.05) is 6.07 Å². The predicted octanol–water partition coefficient (Wildman–Crippen LogP) is 3.23. The predicted molar refractivity (Wildman–Crippen MR) is 68.0 cm³/mol. The zero-order valence-corrected chi connectivity index (χ0v) is 10.6. The Morgan fingerprint density at radius 1 is 1.44 bits per heavy atom. The Bertz CT molecular complexity index is 429. The molecule has 86 valence electrons. The number of hydrogen-bond acceptors (Lipinski definition) is 1. The number of benzene rings is 1. The summed E-state index contributed by atoms with van der Waals surface area (Å²) in [6.07, 6.45) is 1.13. The molecule has 3 rings (SSSR count). The lowest BCUT2D eigenvalue weighted by Crippen LogP contribution is -2.37. The standard InChI is InChI=1S/C14H18ClN/c1-9-6-11-10(4-3-5-13(11)15)12-7-16-8-14(9,12)2/h3-5,9,12,16H,6-8H2,1-2H3/t9-,12+,14-/m1/s1. The number of hydrogen-bond donors (Lipinski definition) is 1. The fourth-order valence-corrected chi connectivity index (χ4v) is 3.74. The number of fused-ring (bicyclic) bond motifs is 3. The smallest absolute Gasteiger partial charge is 0.0440 e. The van der Waals surface area contributed by atoms with Gasteiger partial charge in [0.05, 0.1) is 0 Å². The topological polar surface area (TPSA) is 12.0 Å². The molecule has 1 aromatic carbocycles. The van der Waals surface area contributed by atoms with E-state index < -0.39 is 0 Å². The van der Waals surface area contributed by atoms with Crippen LogP contribution < -0.4 is 5.32 Å². The van der Waals surface area contributed by atoms with Crippen LogP contribution in [0.1, 0.15) is 30.9 Å². The van der Waals surface area contributed by atoms with Gasteiger partial charge in [-0.15, -0.1) is 0 Å². The minimum Gasteiger partial charge on any atom is -0.316 e. The van der Waals surface area contributed by atoms with Crippen molar-refractivity contribution < 1.29 is 0 Å². The number of nitrogens with one attached hydrogen (secondary N) is 1. The van der Waals surface area contributed by atoms with E-state index in [4.69, 9.17) is 11.6 Å².